The lowest BCUT2D eigenvalue weighted by Gasteiger charge is -2.35. The molecule has 3 heterocycles. The number of carbonyl (C=O) groups is 1. The number of amides is 1. The second kappa shape index (κ2) is 6.66. The van der Waals surface area contributed by atoms with Crippen LogP contribution in [0.3, 0.4) is 0 Å². The summed E-state index contributed by atoms with van der Waals surface area (Å²) in [6.45, 7) is 2.01. The Morgan fingerprint density at radius 2 is 1.88 bits per heavy atom. The number of fused-ring (bicyclic) bond motifs is 1. The zero-order valence-corrected chi connectivity index (χ0v) is 15.6. The van der Waals surface area contributed by atoms with E-state index < -0.39 is 10.0 Å². The number of piperidine rings is 1. The molecule has 1 aromatic rings. The van der Waals surface area contributed by atoms with E-state index in [0.29, 0.717) is 31.0 Å². The summed E-state index contributed by atoms with van der Waals surface area (Å²) >= 11 is 0. The van der Waals surface area contributed by atoms with Crippen molar-refractivity contribution in [3.8, 4) is 0 Å². The van der Waals surface area contributed by atoms with Crippen LogP contribution in [-0.4, -0.2) is 68.9 Å². The van der Waals surface area contributed by atoms with E-state index in [2.05, 4.69) is 4.40 Å². The van der Waals surface area contributed by atoms with E-state index in [0.717, 1.165) is 25.7 Å². The van der Waals surface area contributed by atoms with Crippen LogP contribution in [0.15, 0.2) is 33.6 Å². The van der Waals surface area contributed by atoms with Gasteiger partial charge in [-0.2, -0.15) is 8.42 Å². The minimum atomic E-state index is -3.67. The summed E-state index contributed by atoms with van der Waals surface area (Å²) in [5.41, 5.74) is 0.602. The van der Waals surface area contributed by atoms with E-state index >= 15 is 0 Å². The van der Waals surface area contributed by atoms with Gasteiger partial charge in [-0.3, -0.25) is 4.79 Å². The molecule has 0 unspecified atom stereocenters. The number of sulfonamides is 1. The largest absolute Gasteiger partial charge is 0.381 e. The first-order valence-corrected chi connectivity index (χ1v) is 10.5. The molecule has 4 rings (SSSR count). The summed E-state index contributed by atoms with van der Waals surface area (Å²) in [4.78, 5) is 17.1. The van der Waals surface area contributed by atoms with Crippen LogP contribution in [0.1, 0.15) is 31.2 Å². The summed E-state index contributed by atoms with van der Waals surface area (Å²) in [7, 11) is -1.97. The maximum absolute atomic E-state index is 13.1. The molecule has 2 fully saturated rings. The van der Waals surface area contributed by atoms with Crippen LogP contribution in [0.5, 0.6) is 0 Å². The molecule has 1 aromatic carbocycles. The van der Waals surface area contributed by atoms with Crippen molar-refractivity contribution in [3.63, 3.8) is 0 Å². The molecule has 8 heteroatoms. The molecule has 0 saturated carbocycles. The van der Waals surface area contributed by atoms with Crippen molar-refractivity contribution in [2.24, 2.45) is 4.40 Å². The predicted molar refractivity (Wildman–Crippen MR) is 96.5 cm³/mol. The minimum Gasteiger partial charge on any atom is -0.381 e. The molecule has 0 aliphatic carbocycles. The normalized spacial score (nSPS) is 25.3. The Labute approximate surface area is 153 Å². The number of hydrogen-bond acceptors (Lipinski definition) is 5. The predicted octanol–water partition coefficient (Wildman–Crippen LogP) is 1.24. The highest BCUT2D eigenvalue weighted by Crippen LogP contribution is 2.32. The van der Waals surface area contributed by atoms with Gasteiger partial charge in [0.1, 0.15) is 10.9 Å². The molecule has 0 bridgehead atoms. The lowest BCUT2D eigenvalue weighted by molar-refractivity contribution is -0.137. The van der Waals surface area contributed by atoms with E-state index in [1.807, 2.05) is 9.80 Å². The van der Waals surface area contributed by atoms with Gasteiger partial charge in [-0.25, -0.2) is 0 Å². The number of rotatable bonds is 2. The molecule has 0 aromatic heterocycles. The quantitative estimate of drug-likeness (QED) is 0.775. The van der Waals surface area contributed by atoms with Crippen LogP contribution in [0, 0.1) is 0 Å². The summed E-state index contributed by atoms with van der Waals surface area (Å²) in [6.07, 6.45) is 3.48. The average molecular weight is 377 g/mol. The fraction of sp³-hybridized carbons (Fsp3) is 0.556. The zero-order valence-electron chi connectivity index (χ0n) is 14.8. The summed E-state index contributed by atoms with van der Waals surface area (Å²) in [5, 5.41) is 0. The van der Waals surface area contributed by atoms with Crippen molar-refractivity contribution in [1.82, 2.24) is 9.80 Å². The Kier molecular flexibility index (Phi) is 4.48. The monoisotopic (exact) mass is 377 g/mol. The SMILES string of the molecule is COC1CCN(C(=O)[C@@H]2CCCN2C2=NS(=O)(=O)c3ccccc32)CC1. The van der Waals surface area contributed by atoms with Crippen LogP contribution < -0.4 is 0 Å². The van der Waals surface area contributed by atoms with Gasteiger partial charge >= 0.3 is 0 Å². The van der Waals surface area contributed by atoms with Gasteiger partial charge < -0.3 is 14.5 Å². The standard InChI is InChI=1S/C18H23N3O4S/c1-25-13-8-11-20(12-9-13)18(22)15-6-4-10-21(15)17-14-5-2-3-7-16(14)26(23,24)19-17/h2-3,5,7,13,15H,4,6,8-12H2,1H3/t15-/m0/s1. The van der Waals surface area contributed by atoms with E-state index in [1.54, 1.807) is 31.4 Å². The molecule has 1 amide bonds. The van der Waals surface area contributed by atoms with Gasteiger partial charge in [0, 0.05) is 32.3 Å². The number of nitrogens with zero attached hydrogens (tertiary/aromatic N) is 3. The molecule has 26 heavy (non-hydrogen) atoms. The number of likely N-dealkylation sites (tertiary alicyclic amines) is 2. The van der Waals surface area contributed by atoms with Crippen LogP contribution >= 0.6 is 0 Å². The molecule has 3 aliphatic heterocycles. The third kappa shape index (κ3) is 2.91. The Balaban J connectivity index is 1.57. The first-order valence-electron chi connectivity index (χ1n) is 9.04. The van der Waals surface area contributed by atoms with Gasteiger partial charge in [0.05, 0.1) is 6.10 Å². The van der Waals surface area contributed by atoms with Gasteiger partial charge in [0.25, 0.3) is 10.0 Å². The zero-order chi connectivity index (χ0) is 18.3. The summed E-state index contributed by atoms with van der Waals surface area (Å²) < 4.78 is 34.1. The van der Waals surface area contributed by atoms with Crippen molar-refractivity contribution in [3.05, 3.63) is 29.8 Å². The maximum atomic E-state index is 13.1. The Morgan fingerprint density at radius 1 is 1.15 bits per heavy atom. The fourth-order valence-electron chi connectivity index (χ4n) is 4.10. The Bertz CT molecular complexity index is 844. The van der Waals surface area contributed by atoms with Crippen molar-refractivity contribution >= 4 is 21.8 Å². The highest BCUT2D eigenvalue weighted by atomic mass is 32.2. The molecular weight excluding hydrogens is 354 g/mol. The molecular formula is C18H23N3O4S. The van der Waals surface area contributed by atoms with Crippen molar-refractivity contribution in [2.45, 2.75) is 42.7 Å². The van der Waals surface area contributed by atoms with E-state index in [4.69, 9.17) is 4.74 Å². The lowest BCUT2D eigenvalue weighted by atomic mass is 10.1. The summed E-state index contributed by atoms with van der Waals surface area (Å²) in [5.74, 6) is 0.491. The third-order valence-corrected chi connectivity index (χ3v) is 6.83. The number of ether oxygens (including phenoxy) is 1. The molecule has 7 nitrogen and oxygen atoms in total. The average Bonchev–Trinajstić information content (AvgIpc) is 3.24. The molecule has 1 atom stereocenters. The van der Waals surface area contributed by atoms with E-state index in [9.17, 15) is 13.2 Å². The number of amidine groups is 1. The lowest BCUT2D eigenvalue weighted by Crippen LogP contribution is -2.50. The number of benzene rings is 1. The number of hydrogen-bond donors (Lipinski definition) is 0. The highest BCUT2D eigenvalue weighted by Gasteiger charge is 2.41. The van der Waals surface area contributed by atoms with Crippen LogP contribution in [0.2, 0.25) is 0 Å². The molecule has 2 saturated heterocycles. The Hall–Kier alpha value is -1.93. The molecule has 140 valence electrons. The smallest absolute Gasteiger partial charge is 0.285 e. The first-order chi connectivity index (χ1) is 12.5. The minimum absolute atomic E-state index is 0.0709. The van der Waals surface area contributed by atoms with Crippen LogP contribution in [0.25, 0.3) is 0 Å². The Morgan fingerprint density at radius 3 is 2.62 bits per heavy atom. The van der Waals surface area contributed by atoms with E-state index in [-0.39, 0.29) is 22.9 Å². The number of methoxy groups -OCH3 is 1. The maximum Gasteiger partial charge on any atom is 0.285 e. The van der Waals surface area contributed by atoms with Crippen molar-refractivity contribution in [2.75, 3.05) is 26.7 Å². The molecule has 0 N–H and O–H groups in total. The fourth-order valence-corrected chi connectivity index (χ4v) is 5.31. The van der Waals surface area contributed by atoms with Gasteiger partial charge in [-0.1, -0.05) is 12.1 Å². The highest BCUT2D eigenvalue weighted by molar-refractivity contribution is 7.90. The van der Waals surface area contributed by atoms with Crippen LogP contribution in [-0.2, 0) is 19.6 Å². The second-order valence-electron chi connectivity index (χ2n) is 7.00. The van der Waals surface area contributed by atoms with Gasteiger partial charge in [0.15, 0.2) is 5.84 Å². The first kappa shape index (κ1) is 17.5. The van der Waals surface area contributed by atoms with Crippen molar-refractivity contribution in [1.29, 1.82) is 0 Å². The van der Waals surface area contributed by atoms with Gasteiger partial charge in [0.2, 0.25) is 5.91 Å². The third-order valence-electron chi connectivity index (χ3n) is 5.51. The molecule has 0 radical (unpaired) electrons. The molecule has 3 aliphatic rings. The number of carbonyl (C=O) groups excluding carboxylic acids is 1. The molecule has 0 spiro atoms. The topological polar surface area (TPSA) is 79.3 Å². The van der Waals surface area contributed by atoms with Crippen LogP contribution in [0.4, 0.5) is 0 Å². The van der Waals surface area contributed by atoms with Gasteiger partial charge in [-0.05, 0) is 37.8 Å². The van der Waals surface area contributed by atoms with Gasteiger partial charge in [-0.15, -0.1) is 4.40 Å². The second-order valence-corrected chi connectivity index (χ2v) is 8.57. The van der Waals surface area contributed by atoms with E-state index in [1.165, 1.54) is 0 Å². The summed E-state index contributed by atoms with van der Waals surface area (Å²) in [6, 6.07) is 6.50. The van der Waals surface area contributed by atoms with Crippen molar-refractivity contribution < 1.29 is 17.9 Å².